The van der Waals surface area contributed by atoms with Crippen LogP contribution in [0.15, 0.2) is 52.5 Å². The van der Waals surface area contributed by atoms with Gasteiger partial charge in [-0.1, -0.05) is 30.0 Å². The maximum atomic E-state index is 13.7. The summed E-state index contributed by atoms with van der Waals surface area (Å²) in [5.74, 6) is 5.36. The molecule has 0 aliphatic carbocycles. The Morgan fingerprint density at radius 2 is 1.97 bits per heavy atom. The number of anilines is 1. The van der Waals surface area contributed by atoms with Crippen molar-refractivity contribution in [2.45, 2.75) is 23.6 Å². The van der Waals surface area contributed by atoms with Crippen LogP contribution in [0.4, 0.5) is 10.1 Å². The van der Waals surface area contributed by atoms with Crippen LogP contribution in [0.3, 0.4) is 0 Å². The highest BCUT2D eigenvalue weighted by molar-refractivity contribution is 7.99. The number of benzene rings is 2. The monoisotopic (exact) mass is 536 g/mol. The second-order valence-electron chi connectivity index (χ2n) is 7.82. The summed E-state index contributed by atoms with van der Waals surface area (Å²) in [6, 6.07) is 10.6. The first-order valence-electron chi connectivity index (χ1n) is 10.9. The number of carbonyl (C=O) groups excluding carboxylic acids is 1. The number of aromatic nitrogens is 3. The third-order valence-corrected chi connectivity index (χ3v) is 8.19. The molecule has 0 bridgehead atoms. The first-order chi connectivity index (χ1) is 17.3. The number of amides is 1. The molecule has 3 aromatic rings. The first-order valence-corrected chi connectivity index (χ1v) is 13.4. The van der Waals surface area contributed by atoms with E-state index in [4.69, 9.17) is 15.3 Å². The van der Waals surface area contributed by atoms with Crippen LogP contribution >= 0.6 is 11.8 Å². The van der Waals surface area contributed by atoms with Crippen LogP contribution in [0, 0.1) is 12.7 Å². The number of sulfonamides is 1. The van der Waals surface area contributed by atoms with Gasteiger partial charge < -0.3 is 20.6 Å². The van der Waals surface area contributed by atoms with Gasteiger partial charge in [-0.2, -0.15) is 4.31 Å². The van der Waals surface area contributed by atoms with E-state index >= 15 is 0 Å². The maximum Gasteiger partial charge on any atom is 0.243 e. The minimum Gasteiger partial charge on any atom is -0.482 e. The van der Waals surface area contributed by atoms with Crippen molar-refractivity contribution in [2.75, 3.05) is 43.2 Å². The lowest BCUT2D eigenvalue weighted by Gasteiger charge is -2.26. The van der Waals surface area contributed by atoms with Crippen molar-refractivity contribution in [3.63, 3.8) is 0 Å². The minimum atomic E-state index is -3.70. The van der Waals surface area contributed by atoms with E-state index in [2.05, 4.69) is 15.5 Å². The normalized spacial score (nSPS) is 14.5. The number of halogens is 1. The van der Waals surface area contributed by atoms with Gasteiger partial charge in [0.05, 0.1) is 23.9 Å². The SMILES string of the molecule is Cc1ccc(S(=O)(=O)N2CCOCC2)cc1NC(=O)CSc1nnc(COc2ccccc2F)n1N. The summed E-state index contributed by atoms with van der Waals surface area (Å²) in [5.41, 5.74) is 1.10. The van der Waals surface area contributed by atoms with Gasteiger partial charge >= 0.3 is 0 Å². The second-order valence-corrected chi connectivity index (χ2v) is 10.7. The molecule has 0 spiro atoms. The summed E-state index contributed by atoms with van der Waals surface area (Å²) in [7, 11) is -3.70. The number of nitrogens with one attached hydrogen (secondary N) is 1. The summed E-state index contributed by atoms with van der Waals surface area (Å²) in [6.07, 6.45) is 0. The number of thioether (sulfide) groups is 1. The van der Waals surface area contributed by atoms with Gasteiger partial charge in [0.25, 0.3) is 0 Å². The topological polar surface area (TPSA) is 142 Å². The highest BCUT2D eigenvalue weighted by atomic mass is 32.2. The van der Waals surface area contributed by atoms with Gasteiger partial charge in [-0.15, -0.1) is 10.2 Å². The molecule has 0 unspecified atom stereocenters. The largest absolute Gasteiger partial charge is 0.482 e. The van der Waals surface area contributed by atoms with Gasteiger partial charge in [0, 0.05) is 18.8 Å². The van der Waals surface area contributed by atoms with Gasteiger partial charge in [-0.05, 0) is 36.8 Å². The average Bonchev–Trinajstić information content (AvgIpc) is 3.23. The molecular weight excluding hydrogens is 511 g/mol. The molecule has 2 aromatic carbocycles. The fraction of sp³-hybridized carbons (Fsp3) is 0.318. The standard InChI is InChI=1S/C22H25FN6O5S2/c1-15-6-7-16(36(31,32)28-8-10-33-11-9-28)12-18(15)25-21(30)14-35-22-27-26-20(29(22)24)13-34-19-5-3-2-4-17(19)23/h2-7,12H,8-11,13-14,24H2,1H3,(H,25,30). The Morgan fingerprint density at radius 3 is 2.72 bits per heavy atom. The van der Waals surface area contributed by atoms with E-state index in [0.29, 0.717) is 24.5 Å². The molecule has 0 atom stereocenters. The second kappa shape index (κ2) is 11.2. The predicted octanol–water partition coefficient (Wildman–Crippen LogP) is 1.77. The van der Waals surface area contributed by atoms with Gasteiger partial charge in [0.1, 0.15) is 6.61 Å². The minimum absolute atomic E-state index is 0.0522. The zero-order chi connectivity index (χ0) is 25.7. The van der Waals surface area contributed by atoms with Crippen LogP contribution in [0.5, 0.6) is 5.75 Å². The third kappa shape index (κ3) is 5.95. The molecule has 1 aliphatic heterocycles. The number of morpholine rings is 1. The Bertz CT molecular complexity index is 1340. The van der Waals surface area contributed by atoms with Crippen LogP contribution in [0.1, 0.15) is 11.4 Å². The number of ether oxygens (including phenoxy) is 2. The number of hydrogen-bond donors (Lipinski definition) is 2. The molecule has 3 N–H and O–H groups in total. The van der Waals surface area contributed by atoms with Crippen molar-refractivity contribution < 1.29 is 27.1 Å². The highest BCUT2D eigenvalue weighted by Crippen LogP contribution is 2.24. The molecular formula is C22H25FN6O5S2. The maximum absolute atomic E-state index is 13.7. The Hall–Kier alpha value is -3.20. The van der Waals surface area contributed by atoms with E-state index in [1.807, 2.05) is 0 Å². The molecule has 1 fully saturated rings. The lowest BCUT2D eigenvalue weighted by atomic mass is 10.2. The molecule has 1 aromatic heterocycles. The number of nitrogens with two attached hydrogens (primary N) is 1. The molecule has 11 nitrogen and oxygen atoms in total. The lowest BCUT2D eigenvalue weighted by molar-refractivity contribution is -0.113. The molecule has 36 heavy (non-hydrogen) atoms. The Balaban J connectivity index is 1.36. The molecule has 1 saturated heterocycles. The molecule has 2 heterocycles. The summed E-state index contributed by atoms with van der Waals surface area (Å²) in [4.78, 5) is 12.7. The smallest absolute Gasteiger partial charge is 0.243 e. The van der Waals surface area contributed by atoms with Gasteiger partial charge in [-0.3, -0.25) is 4.79 Å². The van der Waals surface area contributed by atoms with Gasteiger partial charge in [-0.25, -0.2) is 17.5 Å². The fourth-order valence-electron chi connectivity index (χ4n) is 3.36. The van der Waals surface area contributed by atoms with Crippen LogP contribution in [0.25, 0.3) is 0 Å². The van der Waals surface area contributed by atoms with Crippen molar-refractivity contribution in [1.29, 1.82) is 0 Å². The molecule has 192 valence electrons. The van der Waals surface area contributed by atoms with Crippen LogP contribution < -0.4 is 15.9 Å². The number of aryl methyl sites for hydroxylation is 1. The molecule has 14 heteroatoms. The van der Waals surface area contributed by atoms with E-state index in [1.165, 1.54) is 33.2 Å². The first kappa shape index (κ1) is 25.9. The van der Waals surface area contributed by atoms with E-state index in [-0.39, 0.29) is 53.0 Å². The Morgan fingerprint density at radius 1 is 1.22 bits per heavy atom. The van der Waals surface area contributed by atoms with Gasteiger partial charge in [0.2, 0.25) is 21.1 Å². The number of rotatable bonds is 9. The van der Waals surface area contributed by atoms with Crippen molar-refractivity contribution in [3.8, 4) is 5.75 Å². The van der Waals surface area contributed by atoms with Crippen molar-refractivity contribution in [2.24, 2.45) is 0 Å². The molecule has 0 saturated carbocycles. The summed E-state index contributed by atoms with van der Waals surface area (Å²) < 4.78 is 52.7. The summed E-state index contributed by atoms with van der Waals surface area (Å²) in [6.45, 7) is 2.90. The quantitative estimate of drug-likeness (QED) is 0.309. The lowest BCUT2D eigenvalue weighted by Crippen LogP contribution is -2.40. The highest BCUT2D eigenvalue weighted by Gasteiger charge is 2.27. The summed E-state index contributed by atoms with van der Waals surface area (Å²) >= 11 is 1.04. The molecule has 0 radical (unpaired) electrons. The number of nitrogen functional groups attached to an aromatic ring is 1. The molecule has 1 amide bonds. The number of para-hydroxylation sites is 1. The van der Waals surface area contributed by atoms with E-state index in [9.17, 15) is 17.6 Å². The zero-order valence-electron chi connectivity index (χ0n) is 19.4. The molecule has 1 aliphatic rings. The fourth-order valence-corrected chi connectivity index (χ4v) is 5.47. The van der Waals surface area contributed by atoms with Crippen LogP contribution in [-0.4, -0.2) is 65.6 Å². The molecule has 4 rings (SSSR count). The van der Waals surface area contributed by atoms with E-state index < -0.39 is 15.8 Å². The van der Waals surface area contributed by atoms with E-state index in [1.54, 1.807) is 25.1 Å². The van der Waals surface area contributed by atoms with Crippen molar-refractivity contribution in [1.82, 2.24) is 19.2 Å². The Labute approximate surface area is 211 Å². The van der Waals surface area contributed by atoms with Crippen molar-refractivity contribution >= 4 is 33.4 Å². The summed E-state index contributed by atoms with van der Waals surface area (Å²) in [5, 5.41) is 10.9. The van der Waals surface area contributed by atoms with E-state index in [0.717, 1.165) is 11.8 Å². The van der Waals surface area contributed by atoms with Crippen molar-refractivity contribution in [3.05, 3.63) is 59.7 Å². The predicted molar refractivity (Wildman–Crippen MR) is 131 cm³/mol. The zero-order valence-corrected chi connectivity index (χ0v) is 21.0. The van der Waals surface area contributed by atoms with Crippen LogP contribution in [-0.2, 0) is 26.2 Å². The number of hydrogen-bond acceptors (Lipinski definition) is 9. The van der Waals surface area contributed by atoms with Crippen LogP contribution in [0.2, 0.25) is 0 Å². The number of carbonyl (C=O) groups is 1. The number of nitrogens with zero attached hydrogens (tertiary/aromatic N) is 4. The third-order valence-electron chi connectivity index (χ3n) is 5.35. The Kier molecular flexibility index (Phi) is 8.08. The van der Waals surface area contributed by atoms with Gasteiger partial charge in [0.15, 0.2) is 17.4 Å². The average molecular weight is 537 g/mol.